The maximum Gasteiger partial charge on any atom is 0.317 e. The summed E-state index contributed by atoms with van der Waals surface area (Å²) in [5.74, 6) is -2.27. The van der Waals surface area contributed by atoms with E-state index in [0.717, 1.165) is 11.8 Å². The number of Topliss-reactive ketones (excluding diaryl/α,β-unsaturated/α-hetero) is 1. The van der Waals surface area contributed by atoms with Gasteiger partial charge in [0, 0.05) is 12.2 Å². The van der Waals surface area contributed by atoms with Crippen molar-refractivity contribution < 1.29 is 24.6 Å². The van der Waals surface area contributed by atoms with Gasteiger partial charge in [-0.1, -0.05) is 0 Å². The summed E-state index contributed by atoms with van der Waals surface area (Å²) < 4.78 is 0. The molecule has 14 heavy (non-hydrogen) atoms. The van der Waals surface area contributed by atoms with Crippen molar-refractivity contribution in [2.45, 2.75) is 18.6 Å². The molecule has 0 spiro atoms. The van der Waals surface area contributed by atoms with E-state index in [1.807, 2.05) is 0 Å². The van der Waals surface area contributed by atoms with Crippen LogP contribution < -0.4 is 0 Å². The summed E-state index contributed by atoms with van der Waals surface area (Å²) in [6.45, 7) is 1.35. The first-order valence-corrected chi connectivity index (χ1v) is 4.88. The minimum atomic E-state index is -1.17. The molecule has 0 heterocycles. The zero-order chi connectivity index (χ0) is 11.1. The predicted octanol–water partition coefficient (Wildman–Crippen LogP) is 0.441. The van der Waals surface area contributed by atoms with E-state index in [4.69, 9.17) is 10.2 Å². The second-order valence-electron chi connectivity index (χ2n) is 2.57. The van der Waals surface area contributed by atoms with Gasteiger partial charge in [0.2, 0.25) is 0 Å². The van der Waals surface area contributed by atoms with Crippen molar-refractivity contribution >= 4 is 29.5 Å². The Hall–Kier alpha value is -1.04. The summed E-state index contributed by atoms with van der Waals surface area (Å²) >= 11 is 0.930. The fourth-order valence-electron chi connectivity index (χ4n) is 0.658. The first kappa shape index (κ1) is 13.0. The van der Waals surface area contributed by atoms with E-state index in [2.05, 4.69) is 0 Å². The van der Waals surface area contributed by atoms with Gasteiger partial charge < -0.3 is 10.2 Å². The van der Waals surface area contributed by atoms with Crippen molar-refractivity contribution in [1.29, 1.82) is 0 Å². The molecule has 0 aliphatic rings. The molecule has 0 aliphatic heterocycles. The molecule has 0 bridgehead atoms. The molecule has 1 atom stereocenters. The van der Waals surface area contributed by atoms with E-state index in [-0.39, 0.29) is 11.5 Å². The average Bonchev–Trinajstić information content (AvgIpc) is 2.00. The molecule has 0 saturated heterocycles. The summed E-state index contributed by atoms with van der Waals surface area (Å²) in [7, 11) is 0. The molecule has 5 nitrogen and oxygen atoms in total. The van der Waals surface area contributed by atoms with Crippen molar-refractivity contribution in [3.05, 3.63) is 6.42 Å². The molecule has 1 unspecified atom stereocenters. The molecule has 1 radical (unpaired) electrons. The van der Waals surface area contributed by atoms with Gasteiger partial charge in [0.1, 0.15) is 11.0 Å². The van der Waals surface area contributed by atoms with Crippen LogP contribution in [-0.4, -0.2) is 38.9 Å². The number of carboxylic acids is 2. The highest BCUT2D eigenvalue weighted by molar-refractivity contribution is 8.00. The van der Waals surface area contributed by atoms with Crippen molar-refractivity contribution in [3.63, 3.8) is 0 Å². The Morgan fingerprint density at radius 1 is 1.36 bits per heavy atom. The summed E-state index contributed by atoms with van der Waals surface area (Å²) in [6, 6.07) is 0. The van der Waals surface area contributed by atoms with Crippen LogP contribution in [-0.2, 0) is 14.4 Å². The van der Waals surface area contributed by atoms with Crippen LogP contribution in [0.3, 0.4) is 0 Å². The fourth-order valence-corrected chi connectivity index (χ4v) is 1.62. The lowest BCUT2D eigenvalue weighted by Gasteiger charge is -2.07. The Morgan fingerprint density at radius 2 is 1.93 bits per heavy atom. The van der Waals surface area contributed by atoms with Crippen LogP contribution >= 0.6 is 11.8 Å². The summed E-state index contributed by atoms with van der Waals surface area (Å²) in [4.78, 5) is 31.3. The van der Waals surface area contributed by atoms with E-state index in [9.17, 15) is 14.4 Å². The van der Waals surface area contributed by atoms with E-state index in [1.165, 1.54) is 13.3 Å². The normalized spacial score (nSPS) is 12.1. The molecular formula is C8H11O5S. The first-order valence-electron chi connectivity index (χ1n) is 3.83. The lowest BCUT2D eigenvalue weighted by Crippen LogP contribution is -2.21. The van der Waals surface area contributed by atoms with Gasteiger partial charge in [-0.05, 0) is 6.92 Å². The SMILES string of the molecule is CC(=O)[CH]CSC(CC(=O)O)C(=O)O. The number of carbonyl (C=O) groups excluding carboxylic acids is 1. The molecule has 0 aromatic rings. The molecule has 0 aliphatic carbocycles. The van der Waals surface area contributed by atoms with Crippen LogP contribution in [0, 0.1) is 6.42 Å². The van der Waals surface area contributed by atoms with Crippen LogP contribution in [0.25, 0.3) is 0 Å². The molecule has 0 fully saturated rings. The molecule has 2 N–H and O–H groups in total. The molecular weight excluding hydrogens is 208 g/mol. The third kappa shape index (κ3) is 6.47. The zero-order valence-corrected chi connectivity index (χ0v) is 8.41. The molecule has 0 aromatic carbocycles. The van der Waals surface area contributed by atoms with Crippen LogP contribution in [0.4, 0.5) is 0 Å². The minimum Gasteiger partial charge on any atom is -0.481 e. The van der Waals surface area contributed by atoms with Crippen LogP contribution in [0.5, 0.6) is 0 Å². The molecule has 6 heteroatoms. The number of hydrogen-bond donors (Lipinski definition) is 2. The highest BCUT2D eigenvalue weighted by Gasteiger charge is 2.21. The third-order valence-corrected chi connectivity index (χ3v) is 2.43. The highest BCUT2D eigenvalue weighted by Crippen LogP contribution is 2.15. The predicted molar refractivity (Wildman–Crippen MR) is 51.1 cm³/mol. The quantitative estimate of drug-likeness (QED) is 0.645. The fraction of sp³-hybridized carbons (Fsp3) is 0.500. The van der Waals surface area contributed by atoms with Gasteiger partial charge in [0.25, 0.3) is 0 Å². The number of carboxylic acid groups (broad SMARTS) is 2. The summed E-state index contributed by atoms with van der Waals surface area (Å²) in [5.41, 5.74) is 0. The Bertz CT molecular complexity index is 238. The largest absolute Gasteiger partial charge is 0.481 e. The monoisotopic (exact) mass is 219 g/mol. The minimum absolute atomic E-state index is 0.156. The van der Waals surface area contributed by atoms with Gasteiger partial charge in [-0.3, -0.25) is 14.4 Å². The number of aliphatic carboxylic acids is 2. The molecule has 79 valence electrons. The summed E-state index contributed by atoms with van der Waals surface area (Å²) in [6.07, 6.45) is 0.883. The molecule has 0 saturated carbocycles. The van der Waals surface area contributed by atoms with Gasteiger partial charge in [-0.15, -0.1) is 11.8 Å². The Kier molecular flexibility index (Phi) is 5.94. The number of hydrogen-bond acceptors (Lipinski definition) is 4. The van der Waals surface area contributed by atoms with Crippen molar-refractivity contribution in [3.8, 4) is 0 Å². The summed E-state index contributed by atoms with van der Waals surface area (Å²) in [5, 5.41) is 16.0. The zero-order valence-electron chi connectivity index (χ0n) is 7.60. The van der Waals surface area contributed by atoms with Crippen molar-refractivity contribution in [1.82, 2.24) is 0 Å². The van der Waals surface area contributed by atoms with Gasteiger partial charge in [0.05, 0.1) is 6.42 Å². The second-order valence-corrected chi connectivity index (χ2v) is 3.81. The maximum absolute atomic E-state index is 10.5. The number of ketones is 1. The van der Waals surface area contributed by atoms with E-state index >= 15 is 0 Å². The lowest BCUT2D eigenvalue weighted by atomic mass is 10.3. The molecule has 0 aromatic heterocycles. The Balaban J connectivity index is 3.91. The Morgan fingerprint density at radius 3 is 2.29 bits per heavy atom. The average molecular weight is 219 g/mol. The smallest absolute Gasteiger partial charge is 0.317 e. The topological polar surface area (TPSA) is 91.7 Å². The molecule has 0 amide bonds. The van der Waals surface area contributed by atoms with Crippen molar-refractivity contribution in [2.24, 2.45) is 0 Å². The van der Waals surface area contributed by atoms with E-state index in [1.54, 1.807) is 0 Å². The standard InChI is InChI=1S/C8H11O5S/c1-5(9)2-3-14-6(8(12)13)4-7(10)11/h2,6H,3-4H2,1H3,(H,10,11)(H,12,13). The highest BCUT2D eigenvalue weighted by atomic mass is 32.2. The number of carbonyl (C=O) groups is 3. The van der Waals surface area contributed by atoms with Crippen LogP contribution in [0.1, 0.15) is 13.3 Å². The Labute approximate surface area is 85.5 Å². The van der Waals surface area contributed by atoms with Gasteiger partial charge >= 0.3 is 11.9 Å². The van der Waals surface area contributed by atoms with Gasteiger partial charge in [-0.25, -0.2) is 0 Å². The van der Waals surface area contributed by atoms with Crippen LogP contribution in [0.2, 0.25) is 0 Å². The van der Waals surface area contributed by atoms with Gasteiger partial charge in [0.15, 0.2) is 0 Å². The van der Waals surface area contributed by atoms with Gasteiger partial charge in [-0.2, -0.15) is 0 Å². The second kappa shape index (κ2) is 6.42. The third-order valence-electron chi connectivity index (χ3n) is 1.30. The van der Waals surface area contributed by atoms with E-state index in [0.29, 0.717) is 0 Å². The van der Waals surface area contributed by atoms with E-state index < -0.39 is 23.6 Å². The van der Waals surface area contributed by atoms with Crippen molar-refractivity contribution in [2.75, 3.05) is 5.75 Å². The first-order chi connectivity index (χ1) is 6.43. The number of rotatable bonds is 7. The maximum atomic E-state index is 10.5. The molecule has 0 rings (SSSR count). The number of thioether (sulfide) groups is 1. The van der Waals surface area contributed by atoms with Crippen LogP contribution in [0.15, 0.2) is 0 Å². The lowest BCUT2D eigenvalue weighted by molar-refractivity contribution is -0.142.